The number of benzene rings is 4. The Morgan fingerprint density at radius 1 is 0.865 bits per heavy atom. The molecule has 5 rings (SSSR count). The lowest BCUT2D eigenvalue weighted by molar-refractivity contribution is -0.00840. The Balaban J connectivity index is 1.19. The van der Waals surface area contributed by atoms with Crippen molar-refractivity contribution in [3.05, 3.63) is 108 Å². The number of hydrogen-bond acceptors (Lipinski definition) is 10. The van der Waals surface area contributed by atoms with E-state index in [-0.39, 0.29) is 31.3 Å². The van der Waals surface area contributed by atoms with Crippen molar-refractivity contribution in [3.63, 3.8) is 0 Å². The van der Waals surface area contributed by atoms with E-state index in [1.165, 1.54) is 17.0 Å². The summed E-state index contributed by atoms with van der Waals surface area (Å²) < 4.78 is 53.2. The molecule has 0 unspecified atom stereocenters. The molecule has 0 spiro atoms. The highest BCUT2D eigenvalue weighted by Crippen LogP contribution is 2.33. The molecule has 0 fully saturated rings. The minimum Gasteiger partial charge on any atom is -0.468 e. The van der Waals surface area contributed by atoms with Gasteiger partial charge in [-0.1, -0.05) is 66.2 Å². The van der Waals surface area contributed by atoms with Crippen molar-refractivity contribution in [3.8, 4) is 16.3 Å². The third kappa shape index (κ3) is 11.2. The zero-order chi connectivity index (χ0) is 37.1. The van der Waals surface area contributed by atoms with E-state index in [1.807, 2.05) is 73.7 Å². The van der Waals surface area contributed by atoms with Gasteiger partial charge in [0.05, 0.1) is 34.9 Å². The molecular weight excluding hydrogens is 701 g/mol. The van der Waals surface area contributed by atoms with Gasteiger partial charge in [0.15, 0.2) is 6.79 Å². The average Bonchev–Trinajstić information content (AvgIpc) is 3.54. The fourth-order valence-electron chi connectivity index (χ4n) is 4.93. The molecule has 52 heavy (non-hydrogen) atoms. The molecule has 1 amide bonds. The molecule has 0 N–H and O–H groups in total. The SMILES string of the molecule is COCCOCOc1ccc2nc(-c3ccc(/C=C/c4ccc(N(CCCOS(=O)(=O)c5ccc(C)cc5)C(=O)OC(C)(C)C)cc4)cc3)sc2c1. The molecule has 0 saturated heterocycles. The summed E-state index contributed by atoms with van der Waals surface area (Å²) >= 11 is 1.60. The summed E-state index contributed by atoms with van der Waals surface area (Å²) in [5.74, 6) is 0.725. The molecular formula is C40H44N2O8S2. The second kappa shape index (κ2) is 17.8. The highest BCUT2D eigenvalue weighted by Gasteiger charge is 2.24. The molecule has 1 aromatic heterocycles. The third-order valence-electron chi connectivity index (χ3n) is 7.62. The van der Waals surface area contributed by atoms with Gasteiger partial charge in [-0.05, 0) is 87.7 Å². The van der Waals surface area contributed by atoms with Gasteiger partial charge in [-0.3, -0.25) is 9.08 Å². The summed E-state index contributed by atoms with van der Waals surface area (Å²) in [7, 11) is -2.28. The summed E-state index contributed by atoms with van der Waals surface area (Å²) in [4.78, 5) is 19.6. The maximum Gasteiger partial charge on any atom is 0.414 e. The number of carbonyl (C=O) groups is 1. The predicted molar refractivity (Wildman–Crippen MR) is 206 cm³/mol. The number of aryl methyl sites for hydroxylation is 1. The van der Waals surface area contributed by atoms with Crippen LogP contribution in [0.1, 0.15) is 43.9 Å². The standard InChI is InChI=1S/C40H44N2O8S2/c1-29-7-20-35(21-8-29)52(44,45)49-24-6-23-42(39(43)50-40(2,3)4)33-17-13-31(14-18-33)10-9-30-11-15-32(16-12-30)38-41-36-22-19-34(27-37(36)51-38)48-28-47-26-25-46-5/h7-22,27H,6,23-26,28H2,1-5H3/b10-9+. The fourth-order valence-corrected chi connectivity index (χ4v) is 6.87. The Labute approximate surface area is 309 Å². The lowest BCUT2D eigenvalue weighted by atomic mass is 10.1. The first-order valence-corrected chi connectivity index (χ1v) is 19.1. The van der Waals surface area contributed by atoms with Crippen molar-refractivity contribution >= 4 is 55.6 Å². The molecule has 4 aromatic carbocycles. The molecule has 0 atom stereocenters. The van der Waals surface area contributed by atoms with Crippen molar-refractivity contribution < 1.29 is 36.3 Å². The summed E-state index contributed by atoms with van der Waals surface area (Å²) in [5, 5.41) is 0.920. The van der Waals surface area contributed by atoms with E-state index >= 15 is 0 Å². The first-order chi connectivity index (χ1) is 24.9. The average molecular weight is 745 g/mol. The van der Waals surface area contributed by atoms with Crippen molar-refractivity contribution in [2.24, 2.45) is 0 Å². The maximum absolute atomic E-state index is 13.2. The van der Waals surface area contributed by atoms with Crippen LogP contribution in [0.4, 0.5) is 10.5 Å². The minimum absolute atomic E-state index is 0.0875. The Morgan fingerprint density at radius 2 is 1.54 bits per heavy atom. The van der Waals surface area contributed by atoms with Crippen LogP contribution >= 0.6 is 11.3 Å². The molecule has 5 aromatic rings. The number of hydrogen-bond donors (Lipinski definition) is 0. The number of rotatable bonds is 16. The summed E-state index contributed by atoms with van der Waals surface area (Å²) in [6, 6.07) is 28.0. The number of fused-ring (bicyclic) bond motifs is 1. The Bertz CT molecular complexity index is 2050. The summed E-state index contributed by atoms with van der Waals surface area (Å²) in [6.07, 6.45) is 3.77. The lowest BCUT2D eigenvalue weighted by Crippen LogP contribution is -2.38. The molecule has 0 radical (unpaired) electrons. The number of anilines is 1. The molecule has 0 saturated carbocycles. The number of ether oxygens (including phenoxy) is 4. The highest BCUT2D eigenvalue weighted by molar-refractivity contribution is 7.86. The lowest BCUT2D eigenvalue weighted by Gasteiger charge is -2.27. The van der Waals surface area contributed by atoms with Crippen LogP contribution in [0.25, 0.3) is 32.9 Å². The predicted octanol–water partition coefficient (Wildman–Crippen LogP) is 8.98. The van der Waals surface area contributed by atoms with E-state index in [9.17, 15) is 13.2 Å². The first-order valence-electron chi connectivity index (χ1n) is 16.9. The van der Waals surface area contributed by atoms with Crippen LogP contribution in [0.2, 0.25) is 0 Å². The number of nitrogens with zero attached hydrogens (tertiary/aromatic N) is 2. The number of methoxy groups -OCH3 is 1. The summed E-state index contributed by atoms with van der Waals surface area (Å²) in [6.45, 7) is 8.55. The Morgan fingerprint density at radius 3 is 2.19 bits per heavy atom. The van der Waals surface area contributed by atoms with Crippen LogP contribution in [-0.2, 0) is 28.5 Å². The Hall–Kier alpha value is -4.59. The van der Waals surface area contributed by atoms with E-state index < -0.39 is 21.8 Å². The second-order valence-corrected chi connectivity index (χ2v) is 15.6. The van der Waals surface area contributed by atoms with Crippen LogP contribution in [0.5, 0.6) is 5.75 Å². The number of thiazole rings is 1. The van der Waals surface area contributed by atoms with Crippen LogP contribution in [0, 0.1) is 6.92 Å². The molecule has 12 heteroatoms. The van der Waals surface area contributed by atoms with E-state index in [0.717, 1.165) is 43.2 Å². The van der Waals surface area contributed by atoms with Gasteiger partial charge >= 0.3 is 6.09 Å². The summed E-state index contributed by atoms with van der Waals surface area (Å²) in [5.41, 5.74) is 4.77. The molecule has 1 heterocycles. The molecule has 10 nitrogen and oxygen atoms in total. The third-order valence-corrected chi connectivity index (χ3v) is 10.0. The highest BCUT2D eigenvalue weighted by atomic mass is 32.2. The largest absolute Gasteiger partial charge is 0.468 e. The van der Waals surface area contributed by atoms with Crippen molar-refractivity contribution in [1.82, 2.24) is 4.98 Å². The zero-order valence-electron chi connectivity index (χ0n) is 30.0. The van der Waals surface area contributed by atoms with E-state index in [0.29, 0.717) is 18.9 Å². The van der Waals surface area contributed by atoms with Gasteiger partial charge in [0, 0.05) is 24.9 Å². The molecule has 0 aliphatic carbocycles. The monoisotopic (exact) mass is 744 g/mol. The minimum atomic E-state index is -3.91. The smallest absolute Gasteiger partial charge is 0.414 e. The van der Waals surface area contributed by atoms with Crippen molar-refractivity contribution in [1.29, 1.82) is 0 Å². The van der Waals surface area contributed by atoms with Gasteiger partial charge in [-0.25, -0.2) is 9.78 Å². The van der Waals surface area contributed by atoms with Crippen molar-refractivity contribution in [2.45, 2.75) is 44.6 Å². The fraction of sp³-hybridized carbons (Fsp3) is 0.300. The van der Waals surface area contributed by atoms with Crippen LogP contribution < -0.4 is 9.64 Å². The number of amides is 1. The van der Waals surface area contributed by atoms with E-state index in [4.69, 9.17) is 28.1 Å². The number of aromatic nitrogens is 1. The van der Waals surface area contributed by atoms with Crippen LogP contribution in [0.3, 0.4) is 0 Å². The molecule has 0 aliphatic rings. The van der Waals surface area contributed by atoms with Gasteiger partial charge in [0.2, 0.25) is 0 Å². The first kappa shape index (κ1) is 38.6. The topological polar surface area (TPSA) is 113 Å². The van der Waals surface area contributed by atoms with E-state index in [2.05, 4.69) is 12.1 Å². The number of carbonyl (C=O) groups excluding carboxylic acids is 1. The van der Waals surface area contributed by atoms with Crippen LogP contribution in [-0.4, -0.2) is 65.4 Å². The molecule has 274 valence electrons. The van der Waals surface area contributed by atoms with Gasteiger partial charge in [0.25, 0.3) is 10.1 Å². The second-order valence-electron chi connectivity index (χ2n) is 12.9. The van der Waals surface area contributed by atoms with E-state index in [1.54, 1.807) is 51.4 Å². The quantitative estimate of drug-likeness (QED) is 0.0423. The van der Waals surface area contributed by atoms with Crippen LogP contribution in [0.15, 0.2) is 95.9 Å². The normalized spacial score (nSPS) is 12.0. The van der Waals surface area contributed by atoms with Gasteiger partial charge in [-0.15, -0.1) is 11.3 Å². The van der Waals surface area contributed by atoms with Gasteiger partial charge < -0.3 is 18.9 Å². The molecule has 0 bridgehead atoms. The van der Waals surface area contributed by atoms with Gasteiger partial charge in [0.1, 0.15) is 16.4 Å². The Kier molecular flexibility index (Phi) is 13.2. The van der Waals surface area contributed by atoms with Gasteiger partial charge in [-0.2, -0.15) is 8.42 Å². The molecule has 0 aliphatic heterocycles. The zero-order valence-corrected chi connectivity index (χ0v) is 31.7. The van der Waals surface area contributed by atoms with Crippen molar-refractivity contribution in [2.75, 3.05) is 45.2 Å². The maximum atomic E-state index is 13.2.